The minimum Gasteiger partial charge on any atom is -0.391 e. The Morgan fingerprint density at radius 2 is 2.05 bits per heavy atom. The maximum atomic E-state index is 12.4. The van der Waals surface area contributed by atoms with Crippen molar-refractivity contribution in [1.82, 2.24) is 4.31 Å². The van der Waals surface area contributed by atoms with E-state index in [1.165, 1.54) is 0 Å². The summed E-state index contributed by atoms with van der Waals surface area (Å²) in [5, 5.41) is 20.6. The number of nitrogens with zero attached hydrogens (tertiary/aromatic N) is 2. The van der Waals surface area contributed by atoms with E-state index in [1.54, 1.807) is 0 Å². The molecule has 0 spiro atoms. The molecule has 0 radical (unpaired) electrons. The highest BCUT2D eigenvalue weighted by atomic mass is 32.2. The fourth-order valence-electron chi connectivity index (χ4n) is 2.88. The molecular weight excluding hydrogens is 300 g/mol. The second kappa shape index (κ2) is 4.50. The van der Waals surface area contributed by atoms with Crippen LogP contribution in [0.2, 0.25) is 0 Å². The highest BCUT2D eigenvalue weighted by molar-refractivity contribution is 7.90. The Labute approximate surface area is 120 Å². The maximum Gasteiger partial charge on any atom is 0.270 e. The summed E-state index contributed by atoms with van der Waals surface area (Å²) in [6, 6.07) is 2.30. The van der Waals surface area contributed by atoms with Crippen molar-refractivity contribution in [2.45, 2.75) is 36.3 Å². The van der Waals surface area contributed by atoms with Crippen LogP contribution in [-0.2, 0) is 10.0 Å². The van der Waals surface area contributed by atoms with Crippen molar-refractivity contribution in [2.75, 3.05) is 0 Å². The fourth-order valence-corrected chi connectivity index (χ4v) is 4.68. The summed E-state index contributed by atoms with van der Waals surface area (Å²) in [5.74, 6) is -0.806. The molecule has 1 aromatic carbocycles. The van der Waals surface area contributed by atoms with E-state index in [4.69, 9.17) is 0 Å². The first-order valence-electron chi connectivity index (χ1n) is 6.39. The predicted octanol–water partition coefficient (Wildman–Crippen LogP) is 0.653. The van der Waals surface area contributed by atoms with E-state index >= 15 is 0 Å². The maximum absolute atomic E-state index is 12.4. The lowest BCUT2D eigenvalue weighted by Gasteiger charge is -2.25. The van der Waals surface area contributed by atoms with Gasteiger partial charge in [-0.1, -0.05) is 0 Å². The number of hydrogen-bond acceptors (Lipinski definition) is 6. The number of nitro groups is 1. The van der Waals surface area contributed by atoms with Crippen LogP contribution in [0.1, 0.15) is 29.6 Å². The molecule has 1 saturated carbocycles. The molecule has 1 fully saturated rings. The van der Waals surface area contributed by atoms with Crippen LogP contribution in [0.4, 0.5) is 5.69 Å². The van der Waals surface area contributed by atoms with Gasteiger partial charge in [-0.3, -0.25) is 14.9 Å². The molecule has 0 aromatic heterocycles. The van der Waals surface area contributed by atoms with Gasteiger partial charge in [-0.05, 0) is 25.3 Å². The van der Waals surface area contributed by atoms with E-state index in [0.717, 1.165) is 18.2 Å². The van der Waals surface area contributed by atoms with E-state index in [1.807, 2.05) is 0 Å². The lowest BCUT2D eigenvalue weighted by Crippen LogP contribution is -2.44. The van der Waals surface area contributed by atoms with E-state index in [2.05, 4.69) is 0 Å². The molecule has 8 nitrogen and oxygen atoms in total. The van der Waals surface area contributed by atoms with Crippen molar-refractivity contribution >= 4 is 21.6 Å². The highest BCUT2D eigenvalue weighted by Gasteiger charge is 2.48. The van der Waals surface area contributed by atoms with Crippen LogP contribution in [0.15, 0.2) is 23.1 Å². The Kier molecular flexibility index (Phi) is 2.99. The molecule has 112 valence electrons. The van der Waals surface area contributed by atoms with Crippen LogP contribution in [0.5, 0.6) is 0 Å². The first kappa shape index (κ1) is 14.0. The Morgan fingerprint density at radius 3 is 2.62 bits per heavy atom. The number of nitro benzene ring substituents is 1. The molecule has 9 heteroatoms. The Bertz CT molecular complexity index is 744. The zero-order valence-electron chi connectivity index (χ0n) is 10.8. The van der Waals surface area contributed by atoms with Gasteiger partial charge in [-0.15, -0.1) is 0 Å². The number of benzene rings is 1. The third-order valence-corrected chi connectivity index (χ3v) is 5.75. The fraction of sp³-hybridized carbons (Fsp3) is 0.417. The van der Waals surface area contributed by atoms with E-state index < -0.39 is 33.0 Å². The molecule has 2 atom stereocenters. The minimum absolute atomic E-state index is 0.205. The smallest absolute Gasteiger partial charge is 0.270 e. The van der Waals surface area contributed by atoms with Gasteiger partial charge >= 0.3 is 0 Å². The number of aliphatic hydroxyl groups excluding tert-OH is 1. The van der Waals surface area contributed by atoms with E-state index in [9.17, 15) is 28.4 Å². The van der Waals surface area contributed by atoms with Crippen molar-refractivity contribution in [3.63, 3.8) is 0 Å². The number of non-ortho nitro benzene ring substituents is 1. The minimum atomic E-state index is -4.05. The molecular formula is C12H12N2O6S. The van der Waals surface area contributed by atoms with Crippen molar-refractivity contribution in [1.29, 1.82) is 0 Å². The second-order valence-electron chi connectivity index (χ2n) is 5.11. The number of hydrogen-bond donors (Lipinski definition) is 1. The lowest BCUT2D eigenvalue weighted by molar-refractivity contribution is -0.384. The molecule has 1 N–H and O–H groups in total. The zero-order valence-corrected chi connectivity index (χ0v) is 11.6. The normalized spacial score (nSPS) is 26.9. The second-order valence-corrected chi connectivity index (χ2v) is 6.89. The zero-order chi connectivity index (χ0) is 15.4. The molecule has 2 aliphatic rings. The van der Waals surface area contributed by atoms with Gasteiger partial charge in [0.05, 0.1) is 22.6 Å². The van der Waals surface area contributed by atoms with Gasteiger partial charge in [0.2, 0.25) is 0 Å². The van der Waals surface area contributed by atoms with Crippen LogP contribution >= 0.6 is 0 Å². The molecule has 1 aliphatic carbocycles. The van der Waals surface area contributed by atoms with Crippen LogP contribution in [0, 0.1) is 10.1 Å². The number of carbonyl (C=O) groups is 1. The molecule has 0 unspecified atom stereocenters. The summed E-state index contributed by atoms with van der Waals surface area (Å²) in [7, 11) is -4.05. The quantitative estimate of drug-likeness (QED) is 0.633. The molecule has 0 bridgehead atoms. The van der Waals surface area contributed by atoms with Crippen molar-refractivity contribution in [2.24, 2.45) is 0 Å². The van der Waals surface area contributed by atoms with Crippen LogP contribution < -0.4 is 0 Å². The first-order chi connectivity index (χ1) is 9.84. The van der Waals surface area contributed by atoms with Gasteiger partial charge < -0.3 is 5.11 Å². The molecule has 1 heterocycles. The van der Waals surface area contributed by atoms with Gasteiger partial charge in [0.15, 0.2) is 0 Å². The molecule has 1 amide bonds. The standard InChI is InChI=1S/C12H12N2O6S/c15-10-3-1-2-9(10)13-12(16)8-6-7(14(17)18)4-5-11(8)21(13,19)20/h4-6,9-10,15H,1-3H2/t9-,10-/m0/s1. The number of fused-ring (bicyclic) bond motifs is 1. The van der Waals surface area contributed by atoms with Crippen LogP contribution in [0.3, 0.4) is 0 Å². The lowest BCUT2D eigenvalue weighted by atomic mass is 10.1. The van der Waals surface area contributed by atoms with Gasteiger partial charge in [-0.2, -0.15) is 0 Å². The Hall–Kier alpha value is -2.00. The van der Waals surface area contributed by atoms with Crippen molar-refractivity contribution in [3.8, 4) is 0 Å². The average molecular weight is 312 g/mol. The summed E-state index contributed by atoms with van der Waals surface area (Å²) < 4.78 is 25.5. The summed E-state index contributed by atoms with van der Waals surface area (Å²) in [5.41, 5.74) is -0.547. The largest absolute Gasteiger partial charge is 0.391 e. The average Bonchev–Trinajstić information content (AvgIpc) is 2.91. The van der Waals surface area contributed by atoms with Crippen LogP contribution in [0.25, 0.3) is 0 Å². The number of sulfonamides is 1. The van der Waals surface area contributed by atoms with Gasteiger partial charge in [0, 0.05) is 12.1 Å². The monoisotopic (exact) mass is 312 g/mol. The summed E-state index contributed by atoms with van der Waals surface area (Å²) >= 11 is 0. The Morgan fingerprint density at radius 1 is 1.33 bits per heavy atom. The third kappa shape index (κ3) is 1.92. The van der Waals surface area contributed by atoms with E-state index in [0.29, 0.717) is 23.6 Å². The molecule has 21 heavy (non-hydrogen) atoms. The molecule has 3 rings (SSSR count). The van der Waals surface area contributed by atoms with E-state index in [-0.39, 0.29) is 16.1 Å². The number of aliphatic hydroxyl groups is 1. The molecule has 1 aliphatic heterocycles. The topological polar surface area (TPSA) is 118 Å². The summed E-state index contributed by atoms with van der Waals surface area (Å²) in [4.78, 5) is 22.2. The number of rotatable bonds is 2. The predicted molar refractivity (Wildman–Crippen MR) is 70.1 cm³/mol. The molecule has 0 saturated heterocycles. The van der Waals surface area contributed by atoms with Crippen LogP contribution in [-0.4, -0.2) is 40.8 Å². The number of carbonyl (C=O) groups excluding carboxylic acids is 1. The van der Waals surface area contributed by atoms with Crippen molar-refractivity contribution in [3.05, 3.63) is 33.9 Å². The third-order valence-electron chi connectivity index (χ3n) is 3.89. The number of amides is 1. The molecule has 1 aromatic rings. The van der Waals surface area contributed by atoms with Crippen molar-refractivity contribution < 1.29 is 23.2 Å². The Balaban J connectivity index is 2.12. The van der Waals surface area contributed by atoms with Gasteiger partial charge in [-0.25, -0.2) is 12.7 Å². The summed E-state index contributed by atoms with van der Waals surface area (Å²) in [6.07, 6.45) is 0.553. The van der Waals surface area contributed by atoms with Gasteiger partial charge in [0.1, 0.15) is 4.90 Å². The highest BCUT2D eigenvalue weighted by Crippen LogP contribution is 2.38. The van der Waals surface area contributed by atoms with Gasteiger partial charge in [0.25, 0.3) is 21.6 Å². The first-order valence-corrected chi connectivity index (χ1v) is 7.83. The summed E-state index contributed by atoms with van der Waals surface area (Å²) in [6.45, 7) is 0. The SMILES string of the molecule is O=C1c2cc([N+](=O)[O-])ccc2S(=O)(=O)N1[C@H]1CCC[C@@H]1O.